The molecule has 0 aliphatic rings. The van der Waals surface area contributed by atoms with Gasteiger partial charge < -0.3 is 14.8 Å². The smallest absolute Gasteiger partial charge is 0.338 e. The summed E-state index contributed by atoms with van der Waals surface area (Å²) in [6, 6.07) is 13.4. The summed E-state index contributed by atoms with van der Waals surface area (Å²) in [5, 5.41) is 2.67. The van der Waals surface area contributed by atoms with Crippen LogP contribution in [0.25, 0.3) is 0 Å². The number of carbonyl (C=O) groups excluding carboxylic acids is 3. The zero-order valence-corrected chi connectivity index (χ0v) is 14.8. The van der Waals surface area contributed by atoms with Gasteiger partial charge in [0.25, 0.3) is 0 Å². The van der Waals surface area contributed by atoms with Crippen LogP contribution in [-0.4, -0.2) is 24.5 Å². The molecule has 0 fully saturated rings. The zero-order valence-electron chi connectivity index (χ0n) is 14.8. The molecule has 2 aromatic carbocycles. The van der Waals surface area contributed by atoms with E-state index in [4.69, 9.17) is 9.47 Å². The Hall–Kier alpha value is -3.15. The van der Waals surface area contributed by atoms with E-state index in [-0.39, 0.29) is 18.7 Å². The van der Waals surface area contributed by atoms with Gasteiger partial charge in [0, 0.05) is 12.1 Å². The summed E-state index contributed by atoms with van der Waals surface area (Å²) in [5.74, 6) is -0.740. The second-order valence-electron chi connectivity index (χ2n) is 5.63. The summed E-state index contributed by atoms with van der Waals surface area (Å²) in [4.78, 5) is 35.3. The first-order valence-corrected chi connectivity index (χ1v) is 8.32. The molecule has 2 rings (SSSR count). The number of esters is 2. The summed E-state index contributed by atoms with van der Waals surface area (Å²) in [7, 11) is 0. The molecular formula is C20H21NO5. The van der Waals surface area contributed by atoms with Gasteiger partial charge in [-0.25, -0.2) is 4.79 Å². The van der Waals surface area contributed by atoms with E-state index in [2.05, 4.69) is 5.32 Å². The highest BCUT2D eigenvalue weighted by Crippen LogP contribution is 2.14. The van der Waals surface area contributed by atoms with Crippen molar-refractivity contribution in [2.75, 3.05) is 11.9 Å². The van der Waals surface area contributed by atoms with Crippen molar-refractivity contribution >= 4 is 23.5 Å². The number of hydrogen-bond acceptors (Lipinski definition) is 5. The van der Waals surface area contributed by atoms with E-state index in [9.17, 15) is 14.4 Å². The van der Waals surface area contributed by atoms with Crippen molar-refractivity contribution in [1.29, 1.82) is 0 Å². The molecule has 0 aliphatic carbocycles. The summed E-state index contributed by atoms with van der Waals surface area (Å²) in [6.07, 6.45) is -0.0229. The number of carbonyl (C=O) groups is 3. The van der Waals surface area contributed by atoms with Crippen LogP contribution in [0.4, 0.5) is 5.69 Å². The number of anilines is 1. The molecule has 1 amide bonds. The van der Waals surface area contributed by atoms with E-state index in [1.807, 2.05) is 19.1 Å². The van der Waals surface area contributed by atoms with Crippen LogP contribution in [0.1, 0.15) is 35.7 Å². The number of benzene rings is 2. The second kappa shape index (κ2) is 9.36. The molecule has 0 saturated heterocycles. The van der Waals surface area contributed by atoms with Crippen LogP contribution in [0, 0.1) is 6.92 Å². The molecule has 0 bridgehead atoms. The van der Waals surface area contributed by atoms with E-state index in [0.29, 0.717) is 23.6 Å². The molecule has 0 spiro atoms. The lowest BCUT2D eigenvalue weighted by Gasteiger charge is -2.07. The van der Waals surface area contributed by atoms with Gasteiger partial charge in [-0.05, 0) is 50.2 Å². The van der Waals surface area contributed by atoms with Crippen LogP contribution >= 0.6 is 0 Å². The fraction of sp³-hybridized carbons (Fsp3) is 0.250. The minimum Gasteiger partial charge on any atom is -0.462 e. The topological polar surface area (TPSA) is 81.7 Å². The zero-order chi connectivity index (χ0) is 18.9. The predicted octanol–water partition coefficient (Wildman–Crippen LogP) is 3.50. The monoisotopic (exact) mass is 355 g/mol. The van der Waals surface area contributed by atoms with Gasteiger partial charge in [0.15, 0.2) is 0 Å². The van der Waals surface area contributed by atoms with Gasteiger partial charge in [0.05, 0.1) is 18.6 Å². The molecule has 0 radical (unpaired) electrons. The molecule has 1 N–H and O–H groups in total. The third kappa shape index (κ3) is 6.05. The van der Waals surface area contributed by atoms with Gasteiger partial charge in [-0.1, -0.05) is 17.7 Å². The van der Waals surface area contributed by atoms with Crippen LogP contribution in [-0.2, 0) is 14.3 Å². The van der Waals surface area contributed by atoms with E-state index < -0.39 is 11.9 Å². The maximum atomic E-state index is 11.9. The molecule has 0 saturated carbocycles. The van der Waals surface area contributed by atoms with Crippen molar-refractivity contribution in [3.63, 3.8) is 0 Å². The predicted molar refractivity (Wildman–Crippen MR) is 97.1 cm³/mol. The number of rotatable bonds is 7. The average Bonchev–Trinajstić information content (AvgIpc) is 2.63. The second-order valence-corrected chi connectivity index (χ2v) is 5.63. The van der Waals surface area contributed by atoms with Gasteiger partial charge in [-0.3, -0.25) is 9.59 Å². The Morgan fingerprint density at radius 2 is 1.58 bits per heavy atom. The van der Waals surface area contributed by atoms with Crippen LogP contribution in [0.3, 0.4) is 0 Å². The Kier molecular flexibility index (Phi) is 6.91. The lowest BCUT2D eigenvalue weighted by molar-refractivity contribution is -0.135. The van der Waals surface area contributed by atoms with Gasteiger partial charge >= 0.3 is 11.9 Å². The normalized spacial score (nSPS) is 10.1. The molecule has 0 aromatic heterocycles. The highest BCUT2D eigenvalue weighted by molar-refractivity contribution is 5.94. The minimum absolute atomic E-state index is 0.00429. The standard InChI is InChI=1S/C20H21NO5/c1-3-25-20(24)15-6-8-16(9-7-15)21-18(22)12-13-19(23)26-17-10-4-14(2)5-11-17/h4-11H,3,12-13H2,1-2H3,(H,21,22). The van der Waals surface area contributed by atoms with E-state index in [0.717, 1.165) is 5.56 Å². The first-order valence-electron chi connectivity index (χ1n) is 8.32. The van der Waals surface area contributed by atoms with E-state index >= 15 is 0 Å². The van der Waals surface area contributed by atoms with Gasteiger partial charge in [0.2, 0.25) is 5.91 Å². The molecule has 2 aromatic rings. The summed E-state index contributed by atoms with van der Waals surface area (Å²) >= 11 is 0. The number of amides is 1. The minimum atomic E-state index is -0.471. The van der Waals surface area contributed by atoms with Gasteiger partial charge in [-0.15, -0.1) is 0 Å². The van der Waals surface area contributed by atoms with Crippen molar-refractivity contribution in [2.24, 2.45) is 0 Å². The van der Waals surface area contributed by atoms with Crippen LogP contribution in [0.15, 0.2) is 48.5 Å². The molecule has 0 atom stereocenters. The Morgan fingerprint density at radius 1 is 0.923 bits per heavy atom. The lowest BCUT2D eigenvalue weighted by atomic mass is 10.2. The maximum absolute atomic E-state index is 11.9. The van der Waals surface area contributed by atoms with E-state index in [1.54, 1.807) is 43.3 Å². The maximum Gasteiger partial charge on any atom is 0.338 e. The van der Waals surface area contributed by atoms with Crippen molar-refractivity contribution in [3.8, 4) is 5.75 Å². The summed E-state index contributed by atoms with van der Waals surface area (Å²) in [6.45, 7) is 3.97. The Morgan fingerprint density at radius 3 is 2.19 bits per heavy atom. The molecule has 0 aliphatic heterocycles. The molecule has 6 heteroatoms. The first kappa shape index (κ1) is 19.2. The number of nitrogens with one attached hydrogen (secondary N) is 1. The highest BCUT2D eigenvalue weighted by Gasteiger charge is 2.10. The fourth-order valence-corrected chi connectivity index (χ4v) is 2.13. The SMILES string of the molecule is CCOC(=O)c1ccc(NC(=O)CCC(=O)Oc2ccc(C)cc2)cc1. The fourth-order valence-electron chi connectivity index (χ4n) is 2.13. The van der Waals surface area contributed by atoms with Gasteiger partial charge in [-0.2, -0.15) is 0 Å². The molecule has 136 valence electrons. The van der Waals surface area contributed by atoms with Gasteiger partial charge in [0.1, 0.15) is 5.75 Å². The Bertz CT molecular complexity index is 766. The number of ether oxygens (including phenoxy) is 2. The number of hydrogen-bond donors (Lipinski definition) is 1. The third-order valence-corrected chi connectivity index (χ3v) is 3.49. The van der Waals surface area contributed by atoms with Crippen LogP contribution in [0.2, 0.25) is 0 Å². The lowest BCUT2D eigenvalue weighted by Crippen LogP contribution is -2.16. The molecule has 0 heterocycles. The summed E-state index contributed by atoms with van der Waals surface area (Å²) < 4.78 is 10.1. The third-order valence-electron chi connectivity index (χ3n) is 3.49. The van der Waals surface area contributed by atoms with E-state index in [1.165, 1.54) is 0 Å². The molecule has 0 unspecified atom stereocenters. The van der Waals surface area contributed by atoms with Crippen molar-refractivity contribution in [1.82, 2.24) is 0 Å². The van der Waals surface area contributed by atoms with Crippen molar-refractivity contribution in [3.05, 3.63) is 59.7 Å². The average molecular weight is 355 g/mol. The Labute approximate surface area is 152 Å². The quantitative estimate of drug-likeness (QED) is 0.607. The van der Waals surface area contributed by atoms with Crippen LogP contribution in [0.5, 0.6) is 5.75 Å². The molecular weight excluding hydrogens is 334 g/mol. The number of aryl methyl sites for hydroxylation is 1. The highest BCUT2D eigenvalue weighted by atomic mass is 16.5. The Balaban J connectivity index is 1.78. The van der Waals surface area contributed by atoms with Crippen molar-refractivity contribution in [2.45, 2.75) is 26.7 Å². The first-order chi connectivity index (χ1) is 12.5. The largest absolute Gasteiger partial charge is 0.462 e. The van der Waals surface area contributed by atoms with Crippen molar-refractivity contribution < 1.29 is 23.9 Å². The molecule has 26 heavy (non-hydrogen) atoms. The molecule has 6 nitrogen and oxygen atoms in total. The van der Waals surface area contributed by atoms with Crippen LogP contribution < -0.4 is 10.1 Å². The summed E-state index contributed by atoms with van der Waals surface area (Å²) in [5.41, 5.74) is 2.01.